The lowest BCUT2D eigenvalue weighted by Gasteiger charge is -2.31. The lowest BCUT2D eigenvalue weighted by molar-refractivity contribution is -0.902. The Balaban J connectivity index is -0.00000128. The molecular formula is C15H36Br2N2. The molecule has 0 spiro atoms. The van der Waals surface area contributed by atoms with Crippen LogP contribution >= 0.6 is 0 Å². The molecule has 0 rings (SSSR count). The topological polar surface area (TPSA) is 0 Å². The van der Waals surface area contributed by atoms with Crippen molar-refractivity contribution >= 4 is 0 Å². The van der Waals surface area contributed by atoms with Crippen molar-refractivity contribution in [2.24, 2.45) is 0 Å². The molecule has 0 unspecified atom stereocenters. The van der Waals surface area contributed by atoms with E-state index in [2.05, 4.69) is 42.2 Å². The van der Waals surface area contributed by atoms with Crippen LogP contribution in [0.1, 0.15) is 45.4 Å². The summed E-state index contributed by atoms with van der Waals surface area (Å²) in [6.45, 7) is 6.24. The van der Waals surface area contributed by atoms with E-state index in [1.165, 1.54) is 62.6 Å². The zero-order valence-corrected chi connectivity index (χ0v) is 17.2. The molecule has 0 atom stereocenters. The molecule has 0 aromatic carbocycles. The maximum atomic E-state index is 2.38. The zero-order valence-electron chi connectivity index (χ0n) is 14.0. The zero-order chi connectivity index (χ0) is 13.4. The van der Waals surface area contributed by atoms with Crippen molar-refractivity contribution in [3.05, 3.63) is 0 Å². The average Bonchev–Trinajstić information content (AvgIpc) is 2.14. The fourth-order valence-corrected chi connectivity index (χ4v) is 2.23. The fraction of sp³-hybridized carbons (Fsp3) is 1.00. The monoisotopic (exact) mass is 402 g/mol. The SMILES string of the molecule is CCCCCCC[N+](C)(C)CCC[N+](C)(C)C.[Br-].[Br-]. The van der Waals surface area contributed by atoms with E-state index in [1.807, 2.05) is 0 Å². The van der Waals surface area contributed by atoms with E-state index in [9.17, 15) is 0 Å². The molecule has 0 aliphatic carbocycles. The highest BCUT2D eigenvalue weighted by Crippen LogP contribution is 2.08. The van der Waals surface area contributed by atoms with Crippen LogP contribution in [-0.2, 0) is 0 Å². The van der Waals surface area contributed by atoms with Gasteiger partial charge in [0.05, 0.1) is 54.9 Å². The van der Waals surface area contributed by atoms with Crippen molar-refractivity contribution in [1.82, 2.24) is 0 Å². The van der Waals surface area contributed by atoms with E-state index in [1.54, 1.807) is 0 Å². The number of nitrogens with zero attached hydrogens (tertiary/aromatic N) is 2. The van der Waals surface area contributed by atoms with E-state index in [0.717, 1.165) is 4.48 Å². The molecular weight excluding hydrogens is 368 g/mol. The number of hydrogen-bond acceptors (Lipinski definition) is 0. The molecule has 19 heavy (non-hydrogen) atoms. The van der Waals surface area contributed by atoms with Gasteiger partial charge in [0, 0.05) is 6.42 Å². The van der Waals surface area contributed by atoms with Crippen LogP contribution in [0.4, 0.5) is 0 Å². The molecule has 120 valence electrons. The van der Waals surface area contributed by atoms with Gasteiger partial charge in [-0.15, -0.1) is 0 Å². The Morgan fingerprint density at radius 3 is 1.53 bits per heavy atom. The van der Waals surface area contributed by atoms with Gasteiger partial charge in [0.2, 0.25) is 0 Å². The number of hydrogen-bond donors (Lipinski definition) is 0. The molecule has 0 saturated carbocycles. The van der Waals surface area contributed by atoms with Gasteiger partial charge >= 0.3 is 0 Å². The predicted molar refractivity (Wildman–Crippen MR) is 78.1 cm³/mol. The Bertz CT molecular complexity index is 189. The second kappa shape index (κ2) is 12.6. The maximum absolute atomic E-state index is 2.38. The van der Waals surface area contributed by atoms with E-state index >= 15 is 0 Å². The minimum absolute atomic E-state index is 0. The summed E-state index contributed by atoms with van der Waals surface area (Å²) in [5, 5.41) is 0. The molecule has 0 radical (unpaired) electrons. The minimum Gasteiger partial charge on any atom is -1.00 e. The van der Waals surface area contributed by atoms with Crippen molar-refractivity contribution in [3.8, 4) is 0 Å². The van der Waals surface area contributed by atoms with Crippen molar-refractivity contribution < 1.29 is 42.9 Å². The summed E-state index contributed by atoms with van der Waals surface area (Å²) in [4.78, 5) is 0. The first kappa shape index (κ1) is 24.9. The number of halogens is 2. The average molecular weight is 404 g/mol. The predicted octanol–water partition coefficient (Wildman–Crippen LogP) is -2.86. The highest BCUT2D eigenvalue weighted by molar-refractivity contribution is 4.43. The van der Waals surface area contributed by atoms with Crippen molar-refractivity contribution in [3.63, 3.8) is 0 Å². The summed E-state index contributed by atoms with van der Waals surface area (Å²) in [6, 6.07) is 0. The van der Waals surface area contributed by atoms with Crippen molar-refractivity contribution in [2.75, 3.05) is 54.9 Å². The summed E-state index contributed by atoms with van der Waals surface area (Å²) in [5.74, 6) is 0. The number of unbranched alkanes of at least 4 members (excludes halogenated alkanes) is 4. The highest BCUT2D eigenvalue weighted by Gasteiger charge is 2.16. The van der Waals surface area contributed by atoms with Crippen LogP contribution in [0.25, 0.3) is 0 Å². The Hall–Kier alpha value is 0.880. The molecule has 0 aliphatic heterocycles. The highest BCUT2D eigenvalue weighted by atomic mass is 79.9. The molecule has 0 saturated heterocycles. The van der Waals surface area contributed by atoms with Crippen LogP contribution in [0.5, 0.6) is 0 Å². The molecule has 0 amide bonds. The summed E-state index contributed by atoms with van der Waals surface area (Å²) in [5.41, 5.74) is 0. The minimum atomic E-state index is 0. The number of quaternary nitrogens is 2. The molecule has 0 aromatic heterocycles. The third-order valence-corrected chi connectivity index (χ3v) is 3.46. The van der Waals surface area contributed by atoms with Crippen LogP contribution < -0.4 is 34.0 Å². The summed E-state index contributed by atoms with van der Waals surface area (Å²) in [7, 11) is 11.6. The lowest BCUT2D eigenvalue weighted by atomic mass is 10.1. The Morgan fingerprint density at radius 1 is 0.579 bits per heavy atom. The standard InChI is InChI=1S/C15H36N2.2BrH/c1-7-8-9-10-11-14-17(5,6)15-12-13-16(2,3)4;;/h7-15H2,1-6H3;2*1H/q+2;;/p-2. The van der Waals surface area contributed by atoms with Gasteiger partial charge in [0.25, 0.3) is 0 Å². The molecule has 0 aliphatic rings. The normalized spacial score (nSPS) is 11.7. The third-order valence-electron chi connectivity index (χ3n) is 3.46. The van der Waals surface area contributed by atoms with Crippen LogP contribution in [0.3, 0.4) is 0 Å². The molecule has 0 N–H and O–H groups in total. The molecule has 4 heteroatoms. The van der Waals surface area contributed by atoms with Crippen LogP contribution in [0.2, 0.25) is 0 Å². The van der Waals surface area contributed by atoms with E-state index in [0.29, 0.717) is 0 Å². The van der Waals surface area contributed by atoms with Gasteiger partial charge < -0.3 is 42.9 Å². The lowest BCUT2D eigenvalue weighted by Crippen LogP contribution is -3.00. The smallest absolute Gasteiger partial charge is 0.0836 e. The van der Waals surface area contributed by atoms with Crippen molar-refractivity contribution in [1.29, 1.82) is 0 Å². The molecule has 0 heterocycles. The van der Waals surface area contributed by atoms with Crippen molar-refractivity contribution in [2.45, 2.75) is 45.4 Å². The molecule has 2 nitrogen and oxygen atoms in total. The second-order valence-electron chi connectivity index (χ2n) is 7.16. The molecule has 0 fully saturated rings. The van der Waals surface area contributed by atoms with Gasteiger partial charge in [0.15, 0.2) is 0 Å². The van der Waals surface area contributed by atoms with Gasteiger partial charge in [-0.3, -0.25) is 0 Å². The maximum Gasteiger partial charge on any atom is 0.0836 e. The van der Waals surface area contributed by atoms with Gasteiger partial charge in [0.1, 0.15) is 0 Å². The van der Waals surface area contributed by atoms with Crippen LogP contribution in [0.15, 0.2) is 0 Å². The van der Waals surface area contributed by atoms with E-state index in [4.69, 9.17) is 0 Å². The van der Waals surface area contributed by atoms with Gasteiger partial charge in [-0.25, -0.2) is 0 Å². The van der Waals surface area contributed by atoms with Gasteiger partial charge in [-0.2, -0.15) is 0 Å². The summed E-state index contributed by atoms with van der Waals surface area (Å²) < 4.78 is 2.29. The quantitative estimate of drug-likeness (QED) is 0.272. The Morgan fingerprint density at radius 2 is 1.05 bits per heavy atom. The first-order chi connectivity index (χ1) is 7.77. The molecule has 0 aromatic rings. The first-order valence-electron chi connectivity index (χ1n) is 7.39. The van der Waals surface area contributed by atoms with Crippen LogP contribution in [0, 0.1) is 0 Å². The van der Waals surface area contributed by atoms with E-state index < -0.39 is 0 Å². The third kappa shape index (κ3) is 18.9. The Labute approximate surface area is 143 Å². The summed E-state index contributed by atoms with van der Waals surface area (Å²) >= 11 is 0. The van der Waals surface area contributed by atoms with Gasteiger partial charge in [-0.1, -0.05) is 26.2 Å². The number of rotatable bonds is 10. The second-order valence-corrected chi connectivity index (χ2v) is 7.16. The molecule has 0 bridgehead atoms. The first-order valence-corrected chi connectivity index (χ1v) is 7.39. The van der Waals surface area contributed by atoms with Crippen LogP contribution in [-0.4, -0.2) is 63.8 Å². The fourth-order valence-electron chi connectivity index (χ4n) is 2.23. The largest absolute Gasteiger partial charge is 1.00 e. The summed E-state index contributed by atoms with van der Waals surface area (Å²) in [6.07, 6.45) is 8.35. The van der Waals surface area contributed by atoms with E-state index in [-0.39, 0.29) is 34.0 Å². The van der Waals surface area contributed by atoms with Gasteiger partial charge in [-0.05, 0) is 12.8 Å². The Kier molecular flexibility index (Phi) is 16.5.